The summed E-state index contributed by atoms with van der Waals surface area (Å²) in [6, 6.07) is 17.6. The van der Waals surface area contributed by atoms with E-state index >= 15 is 0 Å². The minimum atomic E-state index is 1.07. The quantitative estimate of drug-likeness (QED) is 0.488. The average molecular weight is 340 g/mol. The molecule has 0 amide bonds. The molecule has 0 aromatic carbocycles. The van der Waals surface area contributed by atoms with E-state index in [0.29, 0.717) is 0 Å². The Morgan fingerprint density at radius 3 is 0.760 bits per heavy atom. The monoisotopic (exact) mass is 339 g/mol. The van der Waals surface area contributed by atoms with Crippen molar-refractivity contribution in [3.8, 4) is 0 Å². The van der Waals surface area contributed by atoms with Crippen LogP contribution in [0.1, 0.15) is 44.8 Å². The molecule has 3 nitrogen and oxygen atoms in total. The smallest absolute Gasteiger partial charge is 0.0372 e. The van der Waals surface area contributed by atoms with Gasteiger partial charge in [0.2, 0.25) is 0 Å². The van der Waals surface area contributed by atoms with E-state index in [2.05, 4.69) is 15.0 Å². The standard InChI is InChI=1S/3C6H7N.2C2H6/c3*1-6-4-2-3-5-7-6;2*1-2/h3*2-5H,1H3;2*1-2H3. The fourth-order valence-corrected chi connectivity index (χ4v) is 1.34. The molecular weight excluding hydrogens is 306 g/mol. The third-order valence-electron chi connectivity index (χ3n) is 2.44. The van der Waals surface area contributed by atoms with E-state index < -0.39 is 0 Å². The summed E-state index contributed by atoms with van der Waals surface area (Å²) in [6.45, 7) is 13.9. The molecule has 0 saturated carbocycles. The second-order valence-electron chi connectivity index (χ2n) is 4.41. The maximum atomic E-state index is 3.98. The van der Waals surface area contributed by atoms with Crippen molar-refractivity contribution < 1.29 is 0 Å². The molecule has 0 fully saturated rings. The highest BCUT2D eigenvalue weighted by atomic mass is 14.6. The van der Waals surface area contributed by atoms with Crippen LogP contribution in [0, 0.1) is 20.8 Å². The summed E-state index contributed by atoms with van der Waals surface area (Å²) < 4.78 is 0. The molecule has 136 valence electrons. The van der Waals surface area contributed by atoms with E-state index in [4.69, 9.17) is 0 Å². The molecule has 0 aliphatic carbocycles. The van der Waals surface area contributed by atoms with E-state index in [0.717, 1.165) is 17.1 Å². The van der Waals surface area contributed by atoms with E-state index in [1.165, 1.54) is 0 Å². The topological polar surface area (TPSA) is 38.7 Å². The summed E-state index contributed by atoms with van der Waals surface area (Å²) in [6.07, 6.45) is 5.36. The predicted octanol–water partition coefficient (Wildman–Crippen LogP) is 6.22. The van der Waals surface area contributed by atoms with Crippen LogP contribution in [0.4, 0.5) is 0 Å². The number of hydrogen-bond acceptors (Lipinski definition) is 3. The maximum absolute atomic E-state index is 3.98. The highest BCUT2D eigenvalue weighted by Gasteiger charge is 1.74. The summed E-state index contributed by atoms with van der Waals surface area (Å²) in [7, 11) is 0. The molecule has 3 heteroatoms. The number of hydrogen-bond donors (Lipinski definition) is 0. The van der Waals surface area contributed by atoms with Crippen LogP contribution >= 0.6 is 0 Å². The predicted molar refractivity (Wildman–Crippen MR) is 110 cm³/mol. The largest absolute Gasteiger partial charge is 0.262 e. The molecule has 0 N–H and O–H groups in total. The molecule has 0 radical (unpaired) electrons. The van der Waals surface area contributed by atoms with Crippen LogP contribution in [0.3, 0.4) is 0 Å². The molecule has 0 aliphatic rings. The van der Waals surface area contributed by atoms with Crippen molar-refractivity contribution in [2.24, 2.45) is 0 Å². The van der Waals surface area contributed by atoms with Crippen molar-refractivity contribution >= 4 is 0 Å². The molecular formula is C22H33N3. The molecule has 3 aromatic rings. The van der Waals surface area contributed by atoms with Crippen LogP contribution in [-0.4, -0.2) is 15.0 Å². The van der Waals surface area contributed by atoms with Crippen LogP contribution in [0.2, 0.25) is 0 Å². The average Bonchev–Trinajstić information content (AvgIpc) is 2.68. The number of aryl methyl sites for hydroxylation is 3. The summed E-state index contributed by atoms with van der Waals surface area (Å²) in [5, 5.41) is 0. The third-order valence-corrected chi connectivity index (χ3v) is 2.44. The van der Waals surface area contributed by atoms with Crippen molar-refractivity contribution in [1.82, 2.24) is 15.0 Å². The first-order valence-electron chi connectivity index (χ1n) is 8.81. The van der Waals surface area contributed by atoms with Gasteiger partial charge < -0.3 is 0 Å². The molecule has 3 rings (SSSR count). The van der Waals surface area contributed by atoms with Gasteiger partial charge in [-0.15, -0.1) is 0 Å². The Morgan fingerprint density at radius 1 is 0.440 bits per heavy atom. The van der Waals surface area contributed by atoms with Crippen molar-refractivity contribution in [3.05, 3.63) is 90.3 Å². The van der Waals surface area contributed by atoms with Gasteiger partial charge in [-0.05, 0) is 57.2 Å². The van der Waals surface area contributed by atoms with Gasteiger partial charge in [-0.25, -0.2) is 0 Å². The first-order chi connectivity index (χ1) is 12.2. The van der Waals surface area contributed by atoms with Crippen LogP contribution < -0.4 is 0 Å². The molecule has 0 aliphatic heterocycles. The van der Waals surface area contributed by atoms with Gasteiger partial charge in [-0.2, -0.15) is 0 Å². The van der Waals surface area contributed by atoms with Crippen molar-refractivity contribution in [2.45, 2.75) is 48.5 Å². The Balaban J connectivity index is 0. The number of rotatable bonds is 0. The normalized spacial score (nSPS) is 7.80. The van der Waals surface area contributed by atoms with Crippen molar-refractivity contribution in [3.63, 3.8) is 0 Å². The Hall–Kier alpha value is -2.55. The van der Waals surface area contributed by atoms with Crippen LogP contribution in [0.5, 0.6) is 0 Å². The molecule has 0 spiro atoms. The maximum Gasteiger partial charge on any atom is 0.0372 e. The van der Waals surface area contributed by atoms with Gasteiger partial charge in [0, 0.05) is 35.7 Å². The first kappa shape index (κ1) is 24.7. The highest BCUT2D eigenvalue weighted by Crippen LogP contribution is 1.87. The first-order valence-corrected chi connectivity index (χ1v) is 8.81. The van der Waals surface area contributed by atoms with Gasteiger partial charge in [0.1, 0.15) is 0 Å². The number of pyridine rings is 3. The Labute approximate surface area is 154 Å². The van der Waals surface area contributed by atoms with Gasteiger partial charge in [0.05, 0.1) is 0 Å². The second kappa shape index (κ2) is 19.5. The lowest BCUT2D eigenvalue weighted by molar-refractivity contribution is 1.20. The van der Waals surface area contributed by atoms with E-state index in [1.54, 1.807) is 18.6 Å². The minimum absolute atomic E-state index is 1.07. The molecule has 0 saturated heterocycles. The zero-order chi connectivity index (χ0) is 19.3. The van der Waals surface area contributed by atoms with Gasteiger partial charge >= 0.3 is 0 Å². The number of aromatic nitrogens is 3. The molecule has 3 aromatic heterocycles. The van der Waals surface area contributed by atoms with Gasteiger partial charge in [-0.1, -0.05) is 45.9 Å². The fourth-order valence-electron chi connectivity index (χ4n) is 1.34. The lowest BCUT2D eigenvalue weighted by Crippen LogP contribution is -1.72. The van der Waals surface area contributed by atoms with E-state index in [-0.39, 0.29) is 0 Å². The second-order valence-corrected chi connectivity index (χ2v) is 4.41. The minimum Gasteiger partial charge on any atom is -0.262 e. The van der Waals surface area contributed by atoms with Crippen LogP contribution in [0.25, 0.3) is 0 Å². The van der Waals surface area contributed by atoms with Crippen LogP contribution in [0.15, 0.2) is 73.2 Å². The summed E-state index contributed by atoms with van der Waals surface area (Å²) in [5.41, 5.74) is 3.22. The van der Waals surface area contributed by atoms with E-state index in [9.17, 15) is 0 Å². The summed E-state index contributed by atoms with van der Waals surface area (Å²) in [5.74, 6) is 0. The third kappa shape index (κ3) is 17.6. The summed E-state index contributed by atoms with van der Waals surface area (Å²) in [4.78, 5) is 11.9. The fraction of sp³-hybridized carbons (Fsp3) is 0.318. The summed E-state index contributed by atoms with van der Waals surface area (Å²) >= 11 is 0. The Kier molecular flexibility index (Phi) is 19.3. The lowest BCUT2D eigenvalue weighted by Gasteiger charge is -1.82. The van der Waals surface area contributed by atoms with Gasteiger partial charge in [0.25, 0.3) is 0 Å². The molecule has 0 bridgehead atoms. The lowest BCUT2D eigenvalue weighted by atomic mass is 10.4. The number of nitrogens with zero attached hydrogens (tertiary/aromatic N) is 3. The molecule has 3 heterocycles. The molecule has 25 heavy (non-hydrogen) atoms. The SMILES string of the molecule is CC.CC.Cc1ccccn1.Cc1ccccn1.Cc1ccccn1. The molecule has 0 atom stereocenters. The van der Waals surface area contributed by atoms with Crippen molar-refractivity contribution in [1.29, 1.82) is 0 Å². The molecule has 0 unspecified atom stereocenters. The van der Waals surface area contributed by atoms with Crippen molar-refractivity contribution in [2.75, 3.05) is 0 Å². The highest BCUT2D eigenvalue weighted by molar-refractivity contribution is 5.01. The van der Waals surface area contributed by atoms with Gasteiger partial charge in [0.15, 0.2) is 0 Å². The van der Waals surface area contributed by atoms with E-state index in [1.807, 2.05) is 103 Å². The zero-order valence-corrected chi connectivity index (χ0v) is 16.8. The van der Waals surface area contributed by atoms with Gasteiger partial charge in [-0.3, -0.25) is 15.0 Å². The Bertz CT molecular complexity index is 492. The Morgan fingerprint density at radius 2 is 0.680 bits per heavy atom. The zero-order valence-electron chi connectivity index (χ0n) is 16.8. The van der Waals surface area contributed by atoms with Crippen LogP contribution in [-0.2, 0) is 0 Å².